The molecule has 0 aliphatic heterocycles. The minimum absolute atomic E-state index is 0.135. The second-order valence-electron chi connectivity index (χ2n) is 4.11. The lowest BCUT2D eigenvalue weighted by Crippen LogP contribution is -2.11. The van der Waals surface area contributed by atoms with E-state index < -0.39 is 23.3 Å². The molecule has 0 radical (unpaired) electrons. The number of rotatable bonds is 3. The maximum absolute atomic E-state index is 13.1. The first-order chi connectivity index (χ1) is 9.38. The molecule has 20 heavy (non-hydrogen) atoms. The fourth-order valence-corrected chi connectivity index (χ4v) is 1.69. The van der Waals surface area contributed by atoms with Gasteiger partial charge in [-0.2, -0.15) is 13.2 Å². The molecule has 104 valence electrons. The second kappa shape index (κ2) is 5.40. The Bertz CT molecular complexity index is 623. The zero-order chi connectivity index (χ0) is 14.8. The van der Waals surface area contributed by atoms with Crippen LogP contribution >= 0.6 is 0 Å². The van der Waals surface area contributed by atoms with Gasteiger partial charge in [0.2, 0.25) is 0 Å². The highest BCUT2D eigenvalue weighted by Crippen LogP contribution is 2.32. The normalized spacial score (nSPS) is 11.4. The van der Waals surface area contributed by atoms with E-state index in [9.17, 15) is 22.4 Å². The minimum atomic E-state index is -4.83. The lowest BCUT2D eigenvalue weighted by Gasteiger charge is -2.09. The van der Waals surface area contributed by atoms with E-state index in [4.69, 9.17) is 0 Å². The molecule has 2 nitrogen and oxygen atoms in total. The minimum Gasteiger partial charge on any atom is -0.294 e. The first-order valence-corrected chi connectivity index (χ1v) is 5.68. The molecular formula is C14H9F4NO. The number of benzene rings is 1. The van der Waals surface area contributed by atoms with Crippen LogP contribution in [0.4, 0.5) is 17.6 Å². The van der Waals surface area contributed by atoms with E-state index in [1.807, 2.05) is 0 Å². The number of ketones is 1. The van der Waals surface area contributed by atoms with Gasteiger partial charge in [-0.3, -0.25) is 9.78 Å². The zero-order valence-corrected chi connectivity index (χ0v) is 10.1. The van der Waals surface area contributed by atoms with Crippen molar-refractivity contribution in [3.63, 3.8) is 0 Å². The molecule has 2 aromatic rings. The Morgan fingerprint density at radius 3 is 2.50 bits per heavy atom. The van der Waals surface area contributed by atoms with Crippen molar-refractivity contribution in [3.8, 4) is 0 Å². The van der Waals surface area contributed by atoms with E-state index in [0.29, 0.717) is 17.8 Å². The van der Waals surface area contributed by atoms with Gasteiger partial charge < -0.3 is 0 Å². The summed E-state index contributed by atoms with van der Waals surface area (Å²) < 4.78 is 50.8. The Kier molecular flexibility index (Phi) is 3.83. The van der Waals surface area contributed by atoms with Gasteiger partial charge in [-0.1, -0.05) is 6.07 Å². The van der Waals surface area contributed by atoms with Crippen molar-refractivity contribution >= 4 is 5.78 Å². The van der Waals surface area contributed by atoms with Gasteiger partial charge in [0.15, 0.2) is 5.78 Å². The Labute approximate surface area is 112 Å². The van der Waals surface area contributed by atoms with Crippen molar-refractivity contribution in [2.24, 2.45) is 0 Å². The van der Waals surface area contributed by atoms with E-state index >= 15 is 0 Å². The topological polar surface area (TPSA) is 30.0 Å². The predicted molar refractivity (Wildman–Crippen MR) is 63.7 cm³/mol. The van der Waals surface area contributed by atoms with Crippen LogP contribution in [-0.2, 0) is 12.6 Å². The van der Waals surface area contributed by atoms with Gasteiger partial charge in [0.25, 0.3) is 0 Å². The van der Waals surface area contributed by atoms with Crippen LogP contribution in [0.3, 0.4) is 0 Å². The van der Waals surface area contributed by atoms with Gasteiger partial charge in [0.05, 0.1) is 12.0 Å². The SMILES string of the molecule is O=C(Cc1ccccn1)c1ccc(F)c(C(F)(F)F)c1. The van der Waals surface area contributed by atoms with Crippen LogP contribution in [0.1, 0.15) is 21.6 Å². The summed E-state index contributed by atoms with van der Waals surface area (Å²) in [5.41, 5.74) is -1.19. The van der Waals surface area contributed by atoms with Gasteiger partial charge in [-0.25, -0.2) is 4.39 Å². The van der Waals surface area contributed by atoms with Crippen LogP contribution in [-0.4, -0.2) is 10.8 Å². The number of nitrogens with zero attached hydrogens (tertiary/aromatic N) is 1. The van der Waals surface area contributed by atoms with Gasteiger partial charge in [-0.15, -0.1) is 0 Å². The third-order valence-electron chi connectivity index (χ3n) is 2.66. The number of halogens is 4. The number of carbonyl (C=O) groups excluding carboxylic acids is 1. The van der Waals surface area contributed by atoms with Gasteiger partial charge in [-0.05, 0) is 30.3 Å². The average Bonchev–Trinajstić information content (AvgIpc) is 2.39. The number of pyridine rings is 1. The van der Waals surface area contributed by atoms with Crippen molar-refractivity contribution in [1.29, 1.82) is 0 Å². The molecule has 0 saturated carbocycles. The third-order valence-corrected chi connectivity index (χ3v) is 2.66. The van der Waals surface area contributed by atoms with Crippen molar-refractivity contribution < 1.29 is 22.4 Å². The van der Waals surface area contributed by atoms with Crippen LogP contribution in [0.5, 0.6) is 0 Å². The summed E-state index contributed by atoms with van der Waals surface area (Å²) >= 11 is 0. The Morgan fingerprint density at radius 2 is 1.90 bits per heavy atom. The van der Waals surface area contributed by atoms with E-state index in [2.05, 4.69) is 4.98 Å². The van der Waals surface area contributed by atoms with Crippen molar-refractivity contribution in [3.05, 3.63) is 65.2 Å². The highest BCUT2D eigenvalue weighted by Gasteiger charge is 2.34. The Morgan fingerprint density at radius 1 is 1.15 bits per heavy atom. The predicted octanol–water partition coefficient (Wildman–Crippen LogP) is 3.66. The summed E-state index contributed by atoms with van der Waals surface area (Å²) in [6, 6.07) is 7.13. The quantitative estimate of drug-likeness (QED) is 0.635. The smallest absolute Gasteiger partial charge is 0.294 e. The molecule has 0 saturated heterocycles. The van der Waals surface area contributed by atoms with E-state index in [1.165, 1.54) is 6.20 Å². The lowest BCUT2D eigenvalue weighted by atomic mass is 10.0. The van der Waals surface area contributed by atoms with Crippen LogP contribution in [0, 0.1) is 5.82 Å². The molecule has 0 atom stereocenters. The molecule has 6 heteroatoms. The van der Waals surface area contributed by atoms with E-state index in [-0.39, 0.29) is 12.0 Å². The summed E-state index contributed by atoms with van der Waals surface area (Å²) in [6.07, 6.45) is -3.48. The van der Waals surface area contributed by atoms with Gasteiger partial charge >= 0.3 is 6.18 Å². The molecular weight excluding hydrogens is 274 g/mol. The van der Waals surface area contributed by atoms with Crippen LogP contribution in [0.2, 0.25) is 0 Å². The molecule has 0 N–H and O–H groups in total. The highest BCUT2D eigenvalue weighted by atomic mass is 19.4. The summed E-state index contributed by atoms with van der Waals surface area (Å²) in [5, 5.41) is 0. The summed E-state index contributed by atoms with van der Waals surface area (Å²) in [7, 11) is 0. The van der Waals surface area contributed by atoms with Gasteiger partial charge in [0.1, 0.15) is 5.82 Å². The first kappa shape index (κ1) is 14.2. The van der Waals surface area contributed by atoms with Crippen molar-refractivity contribution in [2.75, 3.05) is 0 Å². The molecule has 1 aromatic heterocycles. The largest absolute Gasteiger partial charge is 0.419 e. The number of carbonyl (C=O) groups is 1. The highest BCUT2D eigenvalue weighted by molar-refractivity contribution is 5.97. The number of aromatic nitrogens is 1. The molecule has 0 spiro atoms. The molecule has 1 aromatic carbocycles. The van der Waals surface area contributed by atoms with E-state index in [0.717, 1.165) is 6.07 Å². The monoisotopic (exact) mass is 283 g/mol. The average molecular weight is 283 g/mol. The number of hydrogen-bond acceptors (Lipinski definition) is 2. The number of alkyl halides is 3. The molecule has 2 rings (SSSR count). The number of Topliss-reactive ketones (excluding diaryl/α,β-unsaturated/α-hetero) is 1. The molecule has 0 aliphatic carbocycles. The van der Waals surface area contributed by atoms with E-state index in [1.54, 1.807) is 18.2 Å². The lowest BCUT2D eigenvalue weighted by molar-refractivity contribution is -0.140. The summed E-state index contributed by atoms with van der Waals surface area (Å²) in [4.78, 5) is 15.8. The molecule has 0 amide bonds. The zero-order valence-electron chi connectivity index (χ0n) is 10.1. The molecule has 0 bridgehead atoms. The fourth-order valence-electron chi connectivity index (χ4n) is 1.69. The standard InChI is InChI=1S/C14H9F4NO/c15-12-5-4-9(7-11(12)14(16,17)18)13(20)8-10-3-1-2-6-19-10/h1-7H,8H2. The van der Waals surface area contributed by atoms with Gasteiger partial charge in [0, 0.05) is 17.5 Å². The Hall–Kier alpha value is -2.24. The molecule has 1 heterocycles. The molecule has 0 aliphatic rings. The summed E-state index contributed by atoms with van der Waals surface area (Å²) in [6.45, 7) is 0. The summed E-state index contributed by atoms with van der Waals surface area (Å²) in [5.74, 6) is -1.94. The van der Waals surface area contributed by atoms with Crippen LogP contribution < -0.4 is 0 Å². The van der Waals surface area contributed by atoms with Crippen LogP contribution in [0.25, 0.3) is 0 Å². The number of hydrogen-bond donors (Lipinski definition) is 0. The second-order valence-corrected chi connectivity index (χ2v) is 4.11. The third kappa shape index (κ3) is 3.20. The van der Waals surface area contributed by atoms with Crippen molar-refractivity contribution in [1.82, 2.24) is 4.98 Å². The van der Waals surface area contributed by atoms with Crippen molar-refractivity contribution in [2.45, 2.75) is 12.6 Å². The Balaban J connectivity index is 2.27. The fraction of sp³-hybridized carbons (Fsp3) is 0.143. The maximum atomic E-state index is 13.1. The molecule has 0 fully saturated rings. The molecule has 0 unspecified atom stereocenters. The maximum Gasteiger partial charge on any atom is 0.419 e. The van der Waals surface area contributed by atoms with Crippen LogP contribution in [0.15, 0.2) is 42.6 Å². The first-order valence-electron chi connectivity index (χ1n) is 5.68.